The lowest BCUT2D eigenvalue weighted by atomic mass is 9.90. The van der Waals surface area contributed by atoms with Crippen LogP contribution in [-0.2, 0) is 4.79 Å². The van der Waals surface area contributed by atoms with Gasteiger partial charge in [0, 0.05) is 0 Å². The molecule has 0 amide bonds. The maximum absolute atomic E-state index is 13.0. The second kappa shape index (κ2) is 4.43. The molecule has 0 aliphatic carbocycles. The van der Waals surface area contributed by atoms with Crippen molar-refractivity contribution in [2.24, 2.45) is 0 Å². The maximum Gasteiger partial charge on any atom is 0.310 e. The van der Waals surface area contributed by atoms with Gasteiger partial charge in [0.25, 0.3) is 0 Å². The Labute approximate surface area is 88.7 Å². The summed E-state index contributed by atoms with van der Waals surface area (Å²) in [4.78, 5) is 10.9. The molecule has 0 radical (unpaired) electrons. The van der Waals surface area contributed by atoms with Crippen molar-refractivity contribution < 1.29 is 14.3 Å². The van der Waals surface area contributed by atoms with Crippen LogP contribution in [0.3, 0.4) is 0 Å². The summed E-state index contributed by atoms with van der Waals surface area (Å²) >= 11 is 0. The Balaban J connectivity index is 3.24. The minimum Gasteiger partial charge on any atom is -0.481 e. The minimum atomic E-state index is -0.928. The predicted molar refractivity (Wildman–Crippen MR) is 56.5 cm³/mol. The normalized spacial score (nSPS) is 12.9. The van der Waals surface area contributed by atoms with Gasteiger partial charge in [0.2, 0.25) is 0 Å². The molecule has 0 bridgehead atoms. The Morgan fingerprint density at radius 1 is 1.27 bits per heavy atom. The molecule has 0 saturated carbocycles. The van der Waals surface area contributed by atoms with Crippen LogP contribution in [-0.4, -0.2) is 11.1 Å². The Hall–Kier alpha value is -1.38. The summed E-state index contributed by atoms with van der Waals surface area (Å²) < 4.78 is 13.0. The van der Waals surface area contributed by atoms with Crippen LogP contribution in [0.5, 0.6) is 0 Å². The number of rotatable bonds is 3. The molecular formula is C12H15FO2. The number of hydrogen-bond donors (Lipinski definition) is 1. The van der Waals surface area contributed by atoms with Gasteiger partial charge in [0.05, 0.1) is 5.92 Å². The third-order valence-electron chi connectivity index (χ3n) is 2.51. The van der Waals surface area contributed by atoms with E-state index in [4.69, 9.17) is 5.11 Å². The Morgan fingerprint density at radius 3 is 2.33 bits per heavy atom. The number of benzene rings is 1. The highest BCUT2D eigenvalue weighted by molar-refractivity contribution is 5.76. The Kier molecular flexibility index (Phi) is 3.45. The standard InChI is InChI=1S/C12H15FO2/c1-7(2)10-5-4-9(13)6-11(10)8(3)12(14)15/h4-8H,1-3H3,(H,14,15). The quantitative estimate of drug-likeness (QED) is 0.832. The van der Waals surface area contributed by atoms with Crippen LogP contribution < -0.4 is 0 Å². The fraction of sp³-hybridized carbons (Fsp3) is 0.417. The molecule has 3 heteroatoms. The van der Waals surface area contributed by atoms with E-state index in [2.05, 4.69) is 0 Å². The fourth-order valence-electron chi connectivity index (χ4n) is 1.58. The first kappa shape index (κ1) is 11.7. The Morgan fingerprint density at radius 2 is 1.87 bits per heavy atom. The van der Waals surface area contributed by atoms with E-state index in [1.807, 2.05) is 13.8 Å². The molecule has 0 aliphatic heterocycles. The fourth-order valence-corrected chi connectivity index (χ4v) is 1.58. The van der Waals surface area contributed by atoms with Crippen LogP contribution in [0.25, 0.3) is 0 Å². The lowest BCUT2D eigenvalue weighted by Crippen LogP contribution is -2.11. The molecule has 0 fully saturated rings. The third-order valence-corrected chi connectivity index (χ3v) is 2.51. The summed E-state index contributed by atoms with van der Waals surface area (Å²) in [6.07, 6.45) is 0. The van der Waals surface area contributed by atoms with Gasteiger partial charge in [-0.05, 0) is 36.1 Å². The van der Waals surface area contributed by atoms with E-state index in [0.717, 1.165) is 5.56 Å². The van der Waals surface area contributed by atoms with Crippen LogP contribution in [0.4, 0.5) is 4.39 Å². The zero-order valence-corrected chi connectivity index (χ0v) is 9.12. The molecule has 1 atom stereocenters. The van der Waals surface area contributed by atoms with Gasteiger partial charge in [-0.1, -0.05) is 19.9 Å². The number of carbonyl (C=O) groups is 1. The molecular weight excluding hydrogens is 195 g/mol. The number of halogens is 1. The lowest BCUT2D eigenvalue weighted by molar-refractivity contribution is -0.138. The summed E-state index contributed by atoms with van der Waals surface area (Å²) in [6.45, 7) is 5.50. The molecule has 0 saturated heterocycles. The average molecular weight is 210 g/mol. The van der Waals surface area contributed by atoms with Crippen LogP contribution in [0.15, 0.2) is 18.2 Å². The van der Waals surface area contributed by atoms with Crippen molar-refractivity contribution in [2.45, 2.75) is 32.6 Å². The zero-order valence-electron chi connectivity index (χ0n) is 9.12. The van der Waals surface area contributed by atoms with Crippen molar-refractivity contribution in [3.8, 4) is 0 Å². The van der Waals surface area contributed by atoms with Crippen LogP contribution in [0.1, 0.15) is 43.7 Å². The molecule has 0 aliphatic rings. The molecule has 1 rings (SSSR count). The van der Waals surface area contributed by atoms with Gasteiger partial charge in [-0.3, -0.25) is 4.79 Å². The van der Waals surface area contributed by atoms with Gasteiger partial charge < -0.3 is 5.11 Å². The van der Waals surface area contributed by atoms with Crippen molar-refractivity contribution in [3.63, 3.8) is 0 Å². The van der Waals surface area contributed by atoms with Crippen LogP contribution in [0.2, 0.25) is 0 Å². The largest absolute Gasteiger partial charge is 0.481 e. The van der Waals surface area contributed by atoms with Crippen LogP contribution >= 0.6 is 0 Å². The van der Waals surface area contributed by atoms with E-state index in [1.165, 1.54) is 12.1 Å². The summed E-state index contributed by atoms with van der Waals surface area (Å²) in [7, 11) is 0. The summed E-state index contributed by atoms with van der Waals surface area (Å²) in [5.41, 5.74) is 1.46. The lowest BCUT2D eigenvalue weighted by Gasteiger charge is -2.15. The second-order valence-corrected chi connectivity index (χ2v) is 3.99. The van der Waals surface area contributed by atoms with Crippen LogP contribution in [0, 0.1) is 5.82 Å². The number of carboxylic acid groups (broad SMARTS) is 1. The molecule has 0 aromatic heterocycles. The Bertz CT molecular complexity index is 372. The first-order chi connectivity index (χ1) is 6.93. The van der Waals surface area contributed by atoms with Crippen molar-refractivity contribution >= 4 is 5.97 Å². The SMILES string of the molecule is CC(C)c1ccc(F)cc1C(C)C(=O)O. The van der Waals surface area contributed by atoms with Gasteiger partial charge in [0.15, 0.2) is 0 Å². The van der Waals surface area contributed by atoms with Gasteiger partial charge in [0.1, 0.15) is 5.82 Å². The molecule has 1 N–H and O–H groups in total. The summed E-state index contributed by atoms with van der Waals surface area (Å²) in [5, 5.41) is 8.91. The van der Waals surface area contributed by atoms with E-state index in [-0.39, 0.29) is 11.7 Å². The molecule has 15 heavy (non-hydrogen) atoms. The second-order valence-electron chi connectivity index (χ2n) is 3.99. The smallest absolute Gasteiger partial charge is 0.310 e. The average Bonchev–Trinajstić information content (AvgIpc) is 2.15. The highest BCUT2D eigenvalue weighted by Gasteiger charge is 2.19. The van der Waals surface area contributed by atoms with Gasteiger partial charge in [-0.15, -0.1) is 0 Å². The summed E-state index contributed by atoms with van der Waals surface area (Å²) in [5.74, 6) is -1.79. The van der Waals surface area contributed by atoms with Crippen molar-refractivity contribution in [2.75, 3.05) is 0 Å². The van der Waals surface area contributed by atoms with Crippen molar-refractivity contribution in [1.29, 1.82) is 0 Å². The highest BCUT2D eigenvalue weighted by atomic mass is 19.1. The monoisotopic (exact) mass is 210 g/mol. The van der Waals surface area contributed by atoms with E-state index < -0.39 is 11.9 Å². The topological polar surface area (TPSA) is 37.3 Å². The van der Waals surface area contributed by atoms with E-state index >= 15 is 0 Å². The molecule has 0 spiro atoms. The number of hydrogen-bond acceptors (Lipinski definition) is 1. The van der Waals surface area contributed by atoms with E-state index in [0.29, 0.717) is 5.56 Å². The first-order valence-electron chi connectivity index (χ1n) is 4.95. The molecule has 1 aromatic rings. The third kappa shape index (κ3) is 2.55. The van der Waals surface area contributed by atoms with E-state index in [1.54, 1.807) is 13.0 Å². The molecule has 1 aromatic carbocycles. The van der Waals surface area contributed by atoms with Crippen molar-refractivity contribution in [3.05, 3.63) is 35.1 Å². The van der Waals surface area contributed by atoms with Crippen molar-refractivity contribution in [1.82, 2.24) is 0 Å². The van der Waals surface area contributed by atoms with E-state index in [9.17, 15) is 9.18 Å². The zero-order chi connectivity index (χ0) is 11.6. The molecule has 0 heterocycles. The minimum absolute atomic E-state index is 0.197. The summed E-state index contributed by atoms with van der Waals surface area (Å²) in [6, 6.07) is 4.34. The predicted octanol–water partition coefficient (Wildman–Crippen LogP) is 3.14. The van der Waals surface area contributed by atoms with Gasteiger partial charge in [-0.25, -0.2) is 4.39 Å². The molecule has 1 unspecified atom stereocenters. The number of carboxylic acids is 1. The molecule has 2 nitrogen and oxygen atoms in total. The number of aliphatic carboxylic acids is 1. The molecule has 82 valence electrons. The van der Waals surface area contributed by atoms with Gasteiger partial charge in [-0.2, -0.15) is 0 Å². The van der Waals surface area contributed by atoms with Gasteiger partial charge >= 0.3 is 5.97 Å². The maximum atomic E-state index is 13.0. The first-order valence-corrected chi connectivity index (χ1v) is 4.95. The highest BCUT2D eigenvalue weighted by Crippen LogP contribution is 2.27.